The summed E-state index contributed by atoms with van der Waals surface area (Å²) in [5.74, 6) is 0.637. The van der Waals surface area contributed by atoms with Gasteiger partial charge in [0.1, 0.15) is 24.8 Å². The van der Waals surface area contributed by atoms with Gasteiger partial charge in [0, 0.05) is 33.6 Å². The molecular formula is C20H17BrFN3O2. The molecule has 0 saturated carbocycles. The molecule has 3 aromatic rings. The van der Waals surface area contributed by atoms with Gasteiger partial charge in [0.2, 0.25) is 0 Å². The van der Waals surface area contributed by atoms with Crippen LogP contribution in [0.1, 0.15) is 16.7 Å². The summed E-state index contributed by atoms with van der Waals surface area (Å²) in [5, 5.41) is 3.91. The number of benzene rings is 2. The van der Waals surface area contributed by atoms with Gasteiger partial charge in [-0.1, -0.05) is 33.2 Å². The number of ether oxygens (including phenoxy) is 1. The van der Waals surface area contributed by atoms with Crippen LogP contribution in [0.5, 0.6) is 5.75 Å². The number of hydrogen-bond donors (Lipinski definition) is 1. The molecule has 0 aliphatic carbocycles. The first-order chi connectivity index (χ1) is 13.1. The summed E-state index contributed by atoms with van der Waals surface area (Å²) in [6, 6.07) is 15.4. The largest absolute Gasteiger partial charge is 0.489 e. The van der Waals surface area contributed by atoms with Crippen LogP contribution < -0.4 is 10.5 Å². The number of nitrogens with two attached hydrogens (primary N) is 1. The Morgan fingerprint density at radius 1 is 1.11 bits per heavy atom. The van der Waals surface area contributed by atoms with Crippen molar-refractivity contribution in [3.05, 3.63) is 94.0 Å². The van der Waals surface area contributed by atoms with Gasteiger partial charge in [-0.3, -0.25) is 4.98 Å². The van der Waals surface area contributed by atoms with Crippen molar-refractivity contribution >= 4 is 21.8 Å². The Hall–Kier alpha value is -2.93. The van der Waals surface area contributed by atoms with E-state index in [1.54, 1.807) is 30.6 Å². The second-order valence-electron chi connectivity index (χ2n) is 5.66. The number of hydrogen-bond acceptors (Lipinski definition) is 4. The SMILES string of the molecule is N/C(=N/OCc1ccc(F)cc1Br)c1ccc(OCc2cccnc2)cc1. The minimum absolute atomic E-state index is 0.174. The van der Waals surface area contributed by atoms with Gasteiger partial charge in [-0.05, 0) is 42.5 Å². The highest BCUT2D eigenvalue weighted by Crippen LogP contribution is 2.19. The van der Waals surface area contributed by atoms with Crippen molar-refractivity contribution in [3.63, 3.8) is 0 Å². The summed E-state index contributed by atoms with van der Waals surface area (Å²) in [6.07, 6.45) is 3.48. The second kappa shape index (κ2) is 9.14. The van der Waals surface area contributed by atoms with E-state index in [1.807, 2.05) is 24.3 Å². The standard InChI is InChI=1S/C20H17BrFN3O2/c21-19-10-17(22)6-3-16(19)13-27-25-20(23)15-4-7-18(8-5-15)26-12-14-2-1-9-24-11-14/h1-11H,12-13H2,(H2,23,25). The van der Waals surface area contributed by atoms with Crippen LogP contribution in [-0.4, -0.2) is 10.8 Å². The molecule has 0 aliphatic rings. The molecule has 0 bridgehead atoms. The van der Waals surface area contributed by atoms with Crippen LogP contribution in [0.15, 0.2) is 76.6 Å². The molecule has 0 amide bonds. The van der Waals surface area contributed by atoms with Crippen LogP contribution >= 0.6 is 15.9 Å². The Morgan fingerprint density at radius 3 is 2.63 bits per heavy atom. The van der Waals surface area contributed by atoms with Gasteiger partial charge in [0.05, 0.1) is 0 Å². The zero-order valence-corrected chi connectivity index (χ0v) is 15.9. The lowest BCUT2D eigenvalue weighted by Crippen LogP contribution is -2.13. The summed E-state index contributed by atoms with van der Waals surface area (Å²) < 4.78 is 19.4. The van der Waals surface area contributed by atoms with Crippen molar-refractivity contribution in [2.24, 2.45) is 10.9 Å². The zero-order valence-electron chi connectivity index (χ0n) is 14.3. The maximum absolute atomic E-state index is 13.1. The molecule has 2 N–H and O–H groups in total. The summed E-state index contributed by atoms with van der Waals surface area (Å²) >= 11 is 3.28. The fraction of sp³-hybridized carbons (Fsp3) is 0.100. The Bertz CT molecular complexity index is 918. The third-order valence-electron chi connectivity index (χ3n) is 3.68. The van der Waals surface area contributed by atoms with Crippen LogP contribution in [0.3, 0.4) is 0 Å². The molecule has 0 aliphatic heterocycles. The van der Waals surface area contributed by atoms with E-state index < -0.39 is 0 Å². The molecule has 2 aromatic carbocycles. The third kappa shape index (κ3) is 5.52. The maximum atomic E-state index is 13.1. The predicted molar refractivity (Wildman–Crippen MR) is 105 cm³/mol. The van der Waals surface area contributed by atoms with Gasteiger partial charge in [0.15, 0.2) is 5.84 Å². The van der Waals surface area contributed by atoms with Crippen LogP contribution in [0.25, 0.3) is 0 Å². The van der Waals surface area contributed by atoms with Crippen LogP contribution in [-0.2, 0) is 18.1 Å². The molecule has 0 spiro atoms. The number of rotatable bonds is 7. The lowest BCUT2D eigenvalue weighted by molar-refractivity contribution is 0.130. The summed E-state index contributed by atoms with van der Waals surface area (Å²) in [4.78, 5) is 9.31. The van der Waals surface area contributed by atoms with E-state index in [0.29, 0.717) is 22.4 Å². The molecule has 0 radical (unpaired) electrons. The van der Waals surface area contributed by atoms with Crippen molar-refractivity contribution in [2.75, 3.05) is 0 Å². The lowest BCUT2D eigenvalue weighted by atomic mass is 10.2. The first kappa shape index (κ1) is 18.8. The number of amidine groups is 1. The highest BCUT2D eigenvalue weighted by Gasteiger charge is 2.04. The van der Waals surface area contributed by atoms with E-state index in [4.69, 9.17) is 15.3 Å². The minimum Gasteiger partial charge on any atom is -0.489 e. The summed E-state index contributed by atoms with van der Waals surface area (Å²) in [7, 11) is 0. The monoisotopic (exact) mass is 429 g/mol. The van der Waals surface area contributed by atoms with E-state index in [-0.39, 0.29) is 18.3 Å². The zero-order chi connectivity index (χ0) is 19.1. The lowest BCUT2D eigenvalue weighted by Gasteiger charge is -2.07. The van der Waals surface area contributed by atoms with E-state index in [1.165, 1.54) is 12.1 Å². The fourth-order valence-corrected chi connectivity index (χ4v) is 2.70. The minimum atomic E-state index is -0.320. The topological polar surface area (TPSA) is 69.7 Å². The number of aromatic nitrogens is 1. The van der Waals surface area contributed by atoms with Crippen molar-refractivity contribution in [2.45, 2.75) is 13.2 Å². The van der Waals surface area contributed by atoms with Crippen LogP contribution in [0, 0.1) is 5.82 Å². The molecule has 1 aromatic heterocycles. The van der Waals surface area contributed by atoms with E-state index in [0.717, 1.165) is 11.1 Å². The molecule has 0 atom stereocenters. The third-order valence-corrected chi connectivity index (χ3v) is 4.41. The van der Waals surface area contributed by atoms with Crippen molar-refractivity contribution in [3.8, 4) is 5.75 Å². The van der Waals surface area contributed by atoms with Crippen LogP contribution in [0.2, 0.25) is 0 Å². The van der Waals surface area contributed by atoms with Crippen LogP contribution in [0.4, 0.5) is 4.39 Å². The van der Waals surface area contributed by atoms with Crippen molar-refractivity contribution < 1.29 is 14.0 Å². The molecule has 0 saturated heterocycles. The molecule has 138 valence electrons. The van der Waals surface area contributed by atoms with Crippen molar-refractivity contribution in [1.29, 1.82) is 0 Å². The van der Waals surface area contributed by atoms with Gasteiger partial charge in [-0.2, -0.15) is 0 Å². The second-order valence-corrected chi connectivity index (χ2v) is 6.51. The van der Waals surface area contributed by atoms with E-state index in [2.05, 4.69) is 26.1 Å². The normalized spacial score (nSPS) is 11.3. The Balaban J connectivity index is 1.54. The fourth-order valence-electron chi connectivity index (χ4n) is 2.23. The number of pyridine rings is 1. The van der Waals surface area contributed by atoms with Gasteiger partial charge in [0.25, 0.3) is 0 Å². The molecule has 3 rings (SSSR count). The smallest absolute Gasteiger partial charge is 0.170 e. The molecule has 7 heteroatoms. The Morgan fingerprint density at radius 2 is 1.93 bits per heavy atom. The highest BCUT2D eigenvalue weighted by atomic mass is 79.9. The molecular weight excluding hydrogens is 413 g/mol. The molecule has 0 unspecified atom stereocenters. The van der Waals surface area contributed by atoms with Gasteiger partial charge in [-0.15, -0.1) is 0 Å². The first-order valence-corrected chi connectivity index (χ1v) is 8.92. The average Bonchev–Trinajstić information content (AvgIpc) is 2.69. The number of oxime groups is 1. The Labute approximate surface area is 164 Å². The quantitative estimate of drug-likeness (QED) is 0.343. The molecule has 0 fully saturated rings. The average molecular weight is 430 g/mol. The number of halogens is 2. The Kier molecular flexibility index (Phi) is 6.38. The summed E-state index contributed by atoms with van der Waals surface area (Å²) in [5.41, 5.74) is 8.41. The summed E-state index contributed by atoms with van der Waals surface area (Å²) in [6.45, 7) is 0.611. The van der Waals surface area contributed by atoms with Gasteiger partial charge in [-0.25, -0.2) is 4.39 Å². The molecule has 5 nitrogen and oxygen atoms in total. The maximum Gasteiger partial charge on any atom is 0.170 e. The van der Waals surface area contributed by atoms with E-state index >= 15 is 0 Å². The van der Waals surface area contributed by atoms with Gasteiger partial charge < -0.3 is 15.3 Å². The molecule has 1 heterocycles. The van der Waals surface area contributed by atoms with Crippen molar-refractivity contribution in [1.82, 2.24) is 4.98 Å². The molecule has 27 heavy (non-hydrogen) atoms. The number of nitrogens with zero attached hydrogens (tertiary/aromatic N) is 2. The first-order valence-electron chi connectivity index (χ1n) is 8.13. The highest BCUT2D eigenvalue weighted by molar-refractivity contribution is 9.10. The van der Waals surface area contributed by atoms with Gasteiger partial charge >= 0.3 is 0 Å². The van der Waals surface area contributed by atoms with E-state index in [9.17, 15) is 4.39 Å². The predicted octanol–water partition coefficient (Wildman–Crippen LogP) is 4.40.